The number of methoxy groups -OCH3 is 1. The van der Waals surface area contributed by atoms with E-state index >= 15 is 0 Å². The second-order valence-electron chi connectivity index (χ2n) is 4.76. The van der Waals surface area contributed by atoms with E-state index in [1.54, 1.807) is 6.20 Å². The Hall–Kier alpha value is -1.15. The smallest absolute Gasteiger partial charge is 0.339 e. The summed E-state index contributed by atoms with van der Waals surface area (Å²) in [5, 5.41) is 5.24. The van der Waals surface area contributed by atoms with Gasteiger partial charge in [-0.05, 0) is 54.0 Å². The molecule has 3 rings (SSSR count). The maximum absolute atomic E-state index is 11.9. The van der Waals surface area contributed by atoms with Gasteiger partial charge in [0.1, 0.15) is 0 Å². The first-order valence-electron chi connectivity index (χ1n) is 6.58. The Bertz CT molecular complexity index is 647. The summed E-state index contributed by atoms with van der Waals surface area (Å²) in [6.07, 6.45) is 4.88. The fraction of sp³-hybridized carbons (Fsp3) is 0.429. The highest BCUT2D eigenvalue weighted by molar-refractivity contribution is 14.1. The second kappa shape index (κ2) is 5.69. The third kappa shape index (κ3) is 2.31. The molecule has 0 aliphatic carbocycles. The lowest BCUT2D eigenvalue weighted by atomic mass is 10.1. The summed E-state index contributed by atoms with van der Waals surface area (Å²) < 4.78 is 13.4. The van der Waals surface area contributed by atoms with Crippen molar-refractivity contribution in [3.8, 4) is 0 Å². The standard InChI is InChI=1S/C14H15IN2O3/c1-19-14(18)13-9-8-16-17(11(9)6-5-10(13)15)12-4-2-3-7-20-12/h5-6,8,12H,2-4,7H2,1H3. The highest BCUT2D eigenvalue weighted by atomic mass is 127. The Morgan fingerprint density at radius 1 is 1.50 bits per heavy atom. The number of hydrogen-bond acceptors (Lipinski definition) is 4. The third-order valence-electron chi connectivity index (χ3n) is 3.55. The largest absolute Gasteiger partial charge is 0.465 e. The first-order valence-corrected chi connectivity index (χ1v) is 7.66. The number of aromatic nitrogens is 2. The van der Waals surface area contributed by atoms with E-state index in [1.807, 2.05) is 16.8 Å². The van der Waals surface area contributed by atoms with Crippen LogP contribution in [0.15, 0.2) is 18.3 Å². The van der Waals surface area contributed by atoms with Gasteiger partial charge in [0.15, 0.2) is 6.23 Å². The molecule has 0 radical (unpaired) electrons. The molecule has 0 spiro atoms. The second-order valence-corrected chi connectivity index (χ2v) is 5.92. The molecule has 1 atom stereocenters. The molecule has 1 saturated heterocycles. The zero-order valence-electron chi connectivity index (χ0n) is 11.1. The van der Waals surface area contributed by atoms with E-state index in [1.165, 1.54) is 7.11 Å². The number of rotatable bonds is 2. The molecule has 1 aromatic heterocycles. The molecule has 1 fully saturated rings. The average Bonchev–Trinajstić information content (AvgIpc) is 2.91. The number of esters is 1. The molecule has 0 bridgehead atoms. The lowest BCUT2D eigenvalue weighted by Gasteiger charge is -2.23. The molecule has 20 heavy (non-hydrogen) atoms. The Morgan fingerprint density at radius 2 is 2.35 bits per heavy atom. The van der Waals surface area contributed by atoms with Crippen molar-refractivity contribution >= 4 is 39.5 Å². The molecule has 2 aromatic rings. The molecule has 1 aromatic carbocycles. The van der Waals surface area contributed by atoms with Crippen LogP contribution in [-0.4, -0.2) is 29.5 Å². The lowest BCUT2D eigenvalue weighted by Crippen LogP contribution is -2.19. The van der Waals surface area contributed by atoms with Gasteiger partial charge in [-0.3, -0.25) is 0 Å². The molecular weight excluding hydrogens is 371 g/mol. The van der Waals surface area contributed by atoms with E-state index in [0.717, 1.165) is 40.3 Å². The molecule has 1 aliphatic rings. The van der Waals surface area contributed by atoms with Crippen molar-refractivity contribution in [2.45, 2.75) is 25.5 Å². The molecule has 1 unspecified atom stereocenters. The van der Waals surface area contributed by atoms with E-state index in [-0.39, 0.29) is 12.2 Å². The first kappa shape index (κ1) is 13.8. The molecule has 0 N–H and O–H groups in total. The SMILES string of the molecule is COC(=O)c1c(I)ccc2c1cnn2C1CCCCO1. The summed E-state index contributed by atoms with van der Waals surface area (Å²) in [5.41, 5.74) is 1.49. The van der Waals surface area contributed by atoms with Gasteiger partial charge in [0.25, 0.3) is 0 Å². The monoisotopic (exact) mass is 386 g/mol. The van der Waals surface area contributed by atoms with Crippen LogP contribution in [0.4, 0.5) is 0 Å². The van der Waals surface area contributed by atoms with Crippen LogP contribution in [0, 0.1) is 3.57 Å². The molecule has 2 heterocycles. The van der Waals surface area contributed by atoms with E-state index in [0.29, 0.717) is 5.56 Å². The Labute approximate surface area is 130 Å². The topological polar surface area (TPSA) is 53.3 Å². The minimum Gasteiger partial charge on any atom is -0.465 e. The van der Waals surface area contributed by atoms with Crippen molar-refractivity contribution in [3.63, 3.8) is 0 Å². The zero-order valence-corrected chi connectivity index (χ0v) is 13.3. The third-order valence-corrected chi connectivity index (χ3v) is 4.45. The van der Waals surface area contributed by atoms with E-state index in [9.17, 15) is 4.79 Å². The van der Waals surface area contributed by atoms with Crippen LogP contribution in [0.25, 0.3) is 10.9 Å². The summed E-state index contributed by atoms with van der Waals surface area (Å²) in [4.78, 5) is 11.9. The number of nitrogens with zero attached hydrogens (tertiary/aromatic N) is 2. The van der Waals surface area contributed by atoms with Crippen molar-refractivity contribution in [2.75, 3.05) is 13.7 Å². The highest BCUT2D eigenvalue weighted by Crippen LogP contribution is 2.29. The summed E-state index contributed by atoms with van der Waals surface area (Å²) in [6, 6.07) is 3.89. The predicted octanol–water partition coefficient (Wildman–Crippen LogP) is 3.13. The van der Waals surface area contributed by atoms with Gasteiger partial charge in [-0.1, -0.05) is 0 Å². The summed E-state index contributed by atoms with van der Waals surface area (Å²) >= 11 is 2.14. The average molecular weight is 386 g/mol. The van der Waals surface area contributed by atoms with Crippen molar-refractivity contribution in [1.29, 1.82) is 0 Å². The van der Waals surface area contributed by atoms with Crippen molar-refractivity contribution in [3.05, 3.63) is 27.5 Å². The molecule has 0 amide bonds. The Morgan fingerprint density at radius 3 is 3.05 bits per heavy atom. The van der Waals surface area contributed by atoms with Gasteiger partial charge in [-0.2, -0.15) is 5.10 Å². The number of ether oxygens (including phenoxy) is 2. The van der Waals surface area contributed by atoms with Crippen LogP contribution >= 0.6 is 22.6 Å². The zero-order chi connectivity index (χ0) is 14.1. The van der Waals surface area contributed by atoms with Gasteiger partial charge in [-0.25, -0.2) is 9.48 Å². The first-order chi connectivity index (χ1) is 9.72. The maximum atomic E-state index is 11.9. The van der Waals surface area contributed by atoms with E-state index in [2.05, 4.69) is 27.7 Å². The summed E-state index contributed by atoms with van der Waals surface area (Å²) in [7, 11) is 1.39. The van der Waals surface area contributed by atoms with Gasteiger partial charge < -0.3 is 9.47 Å². The Kier molecular flexibility index (Phi) is 3.93. The van der Waals surface area contributed by atoms with Gasteiger partial charge >= 0.3 is 5.97 Å². The quantitative estimate of drug-likeness (QED) is 0.588. The predicted molar refractivity (Wildman–Crippen MR) is 82.6 cm³/mol. The van der Waals surface area contributed by atoms with Crippen LogP contribution in [0.2, 0.25) is 0 Å². The fourth-order valence-electron chi connectivity index (χ4n) is 2.55. The highest BCUT2D eigenvalue weighted by Gasteiger charge is 2.22. The number of benzene rings is 1. The minimum absolute atomic E-state index is 0.0354. The maximum Gasteiger partial charge on any atom is 0.339 e. The van der Waals surface area contributed by atoms with Crippen LogP contribution in [0.3, 0.4) is 0 Å². The Balaban J connectivity index is 2.11. The van der Waals surface area contributed by atoms with Gasteiger partial charge in [-0.15, -0.1) is 0 Å². The number of fused-ring (bicyclic) bond motifs is 1. The van der Waals surface area contributed by atoms with Crippen LogP contribution < -0.4 is 0 Å². The van der Waals surface area contributed by atoms with Crippen LogP contribution in [0.1, 0.15) is 35.8 Å². The fourth-order valence-corrected chi connectivity index (χ4v) is 3.24. The molecule has 0 saturated carbocycles. The molecule has 6 heteroatoms. The van der Waals surface area contributed by atoms with Gasteiger partial charge in [0.05, 0.1) is 24.4 Å². The van der Waals surface area contributed by atoms with Gasteiger partial charge in [0, 0.05) is 15.6 Å². The summed E-state index contributed by atoms with van der Waals surface area (Å²) in [6.45, 7) is 0.764. The molecular formula is C14H15IN2O3. The van der Waals surface area contributed by atoms with Crippen molar-refractivity contribution in [2.24, 2.45) is 0 Å². The minimum atomic E-state index is -0.330. The van der Waals surface area contributed by atoms with Gasteiger partial charge in [0.2, 0.25) is 0 Å². The molecule has 5 nitrogen and oxygen atoms in total. The van der Waals surface area contributed by atoms with E-state index < -0.39 is 0 Å². The normalized spacial score (nSPS) is 19.2. The number of carbonyl (C=O) groups is 1. The van der Waals surface area contributed by atoms with Crippen molar-refractivity contribution < 1.29 is 14.3 Å². The lowest BCUT2D eigenvalue weighted by molar-refractivity contribution is -0.0366. The molecule has 1 aliphatic heterocycles. The van der Waals surface area contributed by atoms with Crippen LogP contribution in [-0.2, 0) is 9.47 Å². The molecule has 106 valence electrons. The number of hydrogen-bond donors (Lipinski definition) is 0. The summed E-state index contributed by atoms with van der Waals surface area (Å²) in [5.74, 6) is -0.330. The number of halogens is 1. The van der Waals surface area contributed by atoms with Crippen LogP contribution in [0.5, 0.6) is 0 Å². The number of carbonyl (C=O) groups excluding carboxylic acids is 1. The van der Waals surface area contributed by atoms with Crippen molar-refractivity contribution in [1.82, 2.24) is 9.78 Å². The van der Waals surface area contributed by atoms with E-state index in [4.69, 9.17) is 9.47 Å².